The Kier molecular flexibility index (Phi) is 6.13. The number of Topliss-reactive ketones (excluding diaryl/α,β-unsaturated/α-hetero) is 1. The van der Waals surface area contributed by atoms with E-state index in [-0.39, 0.29) is 0 Å². The smallest absolute Gasteiger partial charge is 0.137 e. The van der Waals surface area contributed by atoms with Crippen molar-refractivity contribution in [2.45, 2.75) is 33.6 Å². The van der Waals surface area contributed by atoms with E-state index in [1.807, 2.05) is 20.8 Å². The zero-order chi connectivity index (χ0) is 8.69. The van der Waals surface area contributed by atoms with E-state index >= 15 is 0 Å². The minimum absolute atomic E-state index is 0.329. The molecule has 11 heavy (non-hydrogen) atoms. The van der Waals surface area contributed by atoms with E-state index in [0.29, 0.717) is 18.1 Å². The predicted molar refractivity (Wildman–Crippen MR) is 47.6 cm³/mol. The van der Waals surface area contributed by atoms with Gasteiger partial charge >= 0.3 is 0 Å². The minimum Gasteiger partial charge on any atom is -0.316 e. The van der Waals surface area contributed by atoms with E-state index in [2.05, 4.69) is 5.32 Å². The Labute approximate surface area is 69.4 Å². The van der Waals surface area contributed by atoms with Gasteiger partial charge in [0.2, 0.25) is 0 Å². The van der Waals surface area contributed by atoms with Crippen molar-refractivity contribution in [3.63, 3.8) is 0 Å². The van der Waals surface area contributed by atoms with E-state index in [9.17, 15) is 4.79 Å². The molecule has 0 amide bonds. The number of hydrogen-bond acceptors (Lipinski definition) is 2. The van der Waals surface area contributed by atoms with Crippen LogP contribution in [-0.2, 0) is 4.79 Å². The average Bonchev–Trinajstić information content (AvgIpc) is 2.59. The van der Waals surface area contributed by atoms with Gasteiger partial charge in [-0.25, -0.2) is 0 Å². The van der Waals surface area contributed by atoms with Crippen LogP contribution >= 0.6 is 0 Å². The molecule has 0 aromatic heterocycles. The molecule has 0 aromatic carbocycles. The molecule has 1 N–H and O–H groups in total. The van der Waals surface area contributed by atoms with Gasteiger partial charge in [0, 0.05) is 18.9 Å². The number of hydrogen-bond donors (Lipinski definition) is 1. The van der Waals surface area contributed by atoms with Crippen molar-refractivity contribution in [2.75, 3.05) is 13.1 Å². The van der Waals surface area contributed by atoms with Crippen LogP contribution < -0.4 is 5.32 Å². The molecule has 0 radical (unpaired) electrons. The molecule has 1 rings (SSSR count). The molecule has 1 fully saturated rings. The Morgan fingerprint density at radius 1 is 1.55 bits per heavy atom. The van der Waals surface area contributed by atoms with Gasteiger partial charge in [0.05, 0.1) is 0 Å². The molecule has 1 aliphatic rings. The Morgan fingerprint density at radius 2 is 2.18 bits per heavy atom. The zero-order valence-electron chi connectivity index (χ0n) is 7.81. The molecule has 1 unspecified atom stereocenters. The highest BCUT2D eigenvalue weighted by Gasteiger charge is 2.19. The van der Waals surface area contributed by atoms with Gasteiger partial charge in [-0.05, 0) is 13.0 Å². The Morgan fingerprint density at radius 3 is 2.55 bits per heavy atom. The highest BCUT2D eigenvalue weighted by Crippen LogP contribution is 2.09. The first-order valence-electron chi connectivity index (χ1n) is 4.58. The molecule has 1 saturated heterocycles. The van der Waals surface area contributed by atoms with Crippen molar-refractivity contribution in [2.24, 2.45) is 5.92 Å². The van der Waals surface area contributed by atoms with E-state index in [1.165, 1.54) is 0 Å². The second kappa shape index (κ2) is 6.35. The first kappa shape index (κ1) is 10.6. The largest absolute Gasteiger partial charge is 0.316 e. The summed E-state index contributed by atoms with van der Waals surface area (Å²) in [6.07, 6.45) is 1.75. The topological polar surface area (TPSA) is 29.1 Å². The summed E-state index contributed by atoms with van der Waals surface area (Å²) < 4.78 is 0. The van der Waals surface area contributed by atoms with E-state index in [0.717, 1.165) is 19.5 Å². The SMILES string of the molecule is CC.CCC(=O)C1CCNC1. The summed E-state index contributed by atoms with van der Waals surface area (Å²) in [5, 5.41) is 3.17. The van der Waals surface area contributed by atoms with Crippen LogP contribution in [0.2, 0.25) is 0 Å². The molecule has 0 aromatic rings. The van der Waals surface area contributed by atoms with Gasteiger partial charge in [-0.2, -0.15) is 0 Å². The van der Waals surface area contributed by atoms with Crippen LogP contribution in [0.3, 0.4) is 0 Å². The van der Waals surface area contributed by atoms with Gasteiger partial charge in [-0.15, -0.1) is 0 Å². The normalized spacial score (nSPS) is 22.3. The van der Waals surface area contributed by atoms with Crippen molar-refractivity contribution in [3.05, 3.63) is 0 Å². The molecular weight excluding hydrogens is 138 g/mol. The number of rotatable bonds is 2. The summed E-state index contributed by atoms with van der Waals surface area (Å²) in [5.74, 6) is 0.745. The molecule has 1 atom stereocenters. The van der Waals surface area contributed by atoms with Crippen molar-refractivity contribution < 1.29 is 4.79 Å². The van der Waals surface area contributed by atoms with Gasteiger partial charge in [0.15, 0.2) is 0 Å². The van der Waals surface area contributed by atoms with Crippen molar-refractivity contribution in [1.82, 2.24) is 5.32 Å². The van der Waals surface area contributed by atoms with Crippen LogP contribution in [0, 0.1) is 5.92 Å². The van der Waals surface area contributed by atoms with Crippen molar-refractivity contribution in [3.8, 4) is 0 Å². The highest BCUT2D eigenvalue weighted by atomic mass is 16.1. The summed E-state index contributed by atoms with van der Waals surface area (Å²) >= 11 is 0. The van der Waals surface area contributed by atoms with Crippen LogP contribution in [0.15, 0.2) is 0 Å². The summed E-state index contributed by atoms with van der Waals surface area (Å²) in [6, 6.07) is 0. The van der Waals surface area contributed by atoms with Crippen LogP contribution in [0.1, 0.15) is 33.6 Å². The van der Waals surface area contributed by atoms with Crippen molar-refractivity contribution >= 4 is 5.78 Å². The lowest BCUT2D eigenvalue weighted by Crippen LogP contribution is -2.16. The fourth-order valence-corrected chi connectivity index (χ4v) is 1.22. The zero-order valence-corrected chi connectivity index (χ0v) is 7.81. The third-order valence-corrected chi connectivity index (χ3v) is 1.86. The average molecular weight is 157 g/mol. The number of carbonyl (C=O) groups is 1. The summed E-state index contributed by atoms with van der Waals surface area (Å²) in [5.41, 5.74) is 0. The van der Waals surface area contributed by atoms with Crippen LogP contribution in [0.4, 0.5) is 0 Å². The van der Waals surface area contributed by atoms with Gasteiger partial charge in [0.25, 0.3) is 0 Å². The monoisotopic (exact) mass is 157 g/mol. The van der Waals surface area contributed by atoms with Gasteiger partial charge in [0.1, 0.15) is 5.78 Å². The maximum atomic E-state index is 11.0. The van der Waals surface area contributed by atoms with Crippen LogP contribution in [-0.4, -0.2) is 18.9 Å². The number of nitrogens with one attached hydrogen (secondary N) is 1. The summed E-state index contributed by atoms with van der Waals surface area (Å²) in [6.45, 7) is 7.86. The Balaban J connectivity index is 0.000000461. The van der Waals surface area contributed by atoms with Gasteiger partial charge < -0.3 is 5.32 Å². The van der Waals surface area contributed by atoms with Crippen molar-refractivity contribution in [1.29, 1.82) is 0 Å². The highest BCUT2D eigenvalue weighted by molar-refractivity contribution is 5.81. The first-order valence-corrected chi connectivity index (χ1v) is 4.58. The maximum absolute atomic E-state index is 11.0. The number of carbonyl (C=O) groups excluding carboxylic acids is 1. The first-order chi connectivity index (χ1) is 5.34. The summed E-state index contributed by atoms with van der Waals surface area (Å²) in [4.78, 5) is 11.0. The molecule has 2 nitrogen and oxygen atoms in total. The van der Waals surface area contributed by atoms with Gasteiger partial charge in [-0.3, -0.25) is 4.79 Å². The molecular formula is C9H19NO. The third kappa shape index (κ3) is 3.51. The molecule has 0 saturated carbocycles. The molecule has 0 aliphatic carbocycles. The molecule has 0 bridgehead atoms. The standard InChI is InChI=1S/C7H13NO.C2H6/c1-2-7(9)6-3-4-8-5-6;1-2/h6,8H,2-5H2,1H3;1-2H3. The lowest BCUT2D eigenvalue weighted by Gasteiger charge is -2.02. The predicted octanol–water partition coefficient (Wildman–Crippen LogP) is 1.60. The minimum atomic E-state index is 0.329. The summed E-state index contributed by atoms with van der Waals surface area (Å²) in [7, 11) is 0. The third-order valence-electron chi connectivity index (χ3n) is 1.86. The fourth-order valence-electron chi connectivity index (χ4n) is 1.22. The molecule has 1 heterocycles. The second-order valence-corrected chi connectivity index (χ2v) is 2.51. The molecule has 0 spiro atoms. The molecule has 66 valence electrons. The van der Waals surface area contributed by atoms with Gasteiger partial charge in [-0.1, -0.05) is 20.8 Å². The number of ketones is 1. The quantitative estimate of drug-likeness (QED) is 0.659. The Hall–Kier alpha value is -0.370. The van der Waals surface area contributed by atoms with E-state index in [4.69, 9.17) is 0 Å². The molecule has 1 aliphatic heterocycles. The van der Waals surface area contributed by atoms with Crippen LogP contribution in [0.5, 0.6) is 0 Å². The lowest BCUT2D eigenvalue weighted by atomic mass is 10.0. The lowest BCUT2D eigenvalue weighted by molar-refractivity contribution is -0.121. The van der Waals surface area contributed by atoms with E-state index < -0.39 is 0 Å². The Bertz CT molecular complexity index is 106. The maximum Gasteiger partial charge on any atom is 0.137 e. The van der Waals surface area contributed by atoms with E-state index in [1.54, 1.807) is 0 Å². The second-order valence-electron chi connectivity index (χ2n) is 2.51. The van der Waals surface area contributed by atoms with Crippen LogP contribution in [0.25, 0.3) is 0 Å². The molecule has 2 heteroatoms. The fraction of sp³-hybridized carbons (Fsp3) is 0.889.